The van der Waals surface area contributed by atoms with Crippen LogP contribution in [0.3, 0.4) is 0 Å². The van der Waals surface area contributed by atoms with Crippen LogP contribution in [0.2, 0.25) is 0 Å². The van der Waals surface area contributed by atoms with Crippen LogP contribution in [0, 0.1) is 0 Å². The maximum Gasteiger partial charge on any atom is 0.227 e. The van der Waals surface area contributed by atoms with Crippen molar-refractivity contribution >= 4 is 17.4 Å². The Morgan fingerprint density at radius 2 is 2.20 bits per heavy atom. The molecule has 1 aromatic heterocycles. The first-order valence-electron chi connectivity index (χ1n) is 7.44. The Bertz CT molecular complexity index is 449. The zero-order chi connectivity index (χ0) is 13.8. The van der Waals surface area contributed by atoms with Crippen LogP contribution in [0.1, 0.15) is 32.1 Å². The van der Waals surface area contributed by atoms with Crippen LogP contribution in [-0.4, -0.2) is 36.7 Å². The summed E-state index contributed by atoms with van der Waals surface area (Å²) >= 11 is 0. The molecule has 0 aliphatic carbocycles. The molecule has 3 rings (SSSR count). The third-order valence-electron chi connectivity index (χ3n) is 3.90. The fourth-order valence-corrected chi connectivity index (χ4v) is 2.82. The van der Waals surface area contributed by atoms with E-state index >= 15 is 0 Å². The number of nitrogens with one attached hydrogen (secondary N) is 1. The number of aromatic nitrogens is 1. The second-order valence-corrected chi connectivity index (χ2v) is 5.49. The van der Waals surface area contributed by atoms with Gasteiger partial charge >= 0.3 is 0 Å². The summed E-state index contributed by atoms with van der Waals surface area (Å²) in [5.74, 6) is 1.01. The van der Waals surface area contributed by atoms with E-state index in [1.165, 1.54) is 12.8 Å². The van der Waals surface area contributed by atoms with Crippen LogP contribution < -0.4 is 10.2 Å². The van der Waals surface area contributed by atoms with Crippen molar-refractivity contribution < 1.29 is 9.53 Å². The summed E-state index contributed by atoms with van der Waals surface area (Å²) < 4.78 is 5.46. The quantitative estimate of drug-likeness (QED) is 0.915. The molecule has 5 heteroatoms. The Morgan fingerprint density at radius 1 is 1.35 bits per heavy atom. The topological polar surface area (TPSA) is 54.5 Å². The fraction of sp³-hybridized carbons (Fsp3) is 0.600. The van der Waals surface area contributed by atoms with Gasteiger partial charge in [-0.15, -0.1) is 0 Å². The molecule has 2 aliphatic rings. The summed E-state index contributed by atoms with van der Waals surface area (Å²) in [5.41, 5.74) is 0.760. The van der Waals surface area contributed by atoms with E-state index in [1.54, 1.807) is 6.20 Å². The summed E-state index contributed by atoms with van der Waals surface area (Å²) in [7, 11) is 0. The maximum atomic E-state index is 11.9. The number of carbonyl (C=O) groups excluding carboxylic acids is 1. The van der Waals surface area contributed by atoms with Crippen molar-refractivity contribution in [3.8, 4) is 0 Å². The highest BCUT2D eigenvalue weighted by molar-refractivity contribution is 5.90. The molecule has 0 bridgehead atoms. The molecule has 1 amide bonds. The van der Waals surface area contributed by atoms with Crippen LogP contribution in [0.25, 0.3) is 0 Å². The Hall–Kier alpha value is -1.62. The lowest BCUT2D eigenvalue weighted by Gasteiger charge is -2.16. The third-order valence-corrected chi connectivity index (χ3v) is 3.90. The molecular formula is C15H21N3O2. The van der Waals surface area contributed by atoms with Gasteiger partial charge in [0.15, 0.2) is 0 Å². The fourth-order valence-electron chi connectivity index (χ4n) is 2.82. The molecule has 1 N–H and O–H groups in total. The number of rotatable bonds is 4. The second kappa shape index (κ2) is 6.22. The van der Waals surface area contributed by atoms with E-state index in [4.69, 9.17) is 4.74 Å². The molecule has 1 aromatic rings. The van der Waals surface area contributed by atoms with E-state index in [0.29, 0.717) is 6.42 Å². The molecule has 0 spiro atoms. The summed E-state index contributed by atoms with van der Waals surface area (Å²) in [6.45, 7) is 2.94. The normalized spacial score (nSPS) is 22.2. The van der Waals surface area contributed by atoms with E-state index in [1.807, 2.05) is 12.1 Å². The average Bonchev–Trinajstić information content (AvgIpc) is 3.12. The van der Waals surface area contributed by atoms with Crippen molar-refractivity contribution in [3.63, 3.8) is 0 Å². The molecule has 1 atom stereocenters. The molecular weight excluding hydrogens is 254 g/mol. The molecule has 0 saturated carbocycles. The largest absolute Gasteiger partial charge is 0.378 e. The Morgan fingerprint density at radius 3 is 2.85 bits per heavy atom. The van der Waals surface area contributed by atoms with Crippen molar-refractivity contribution in [1.29, 1.82) is 0 Å². The summed E-state index contributed by atoms with van der Waals surface area (Å²) in [6.07, 6.45) is 6.79. The Balaban J connectivity index is 1.53. The van der Waals surface area contributed by atoms with E-state index in [0.717, 1.165) is 44.0 Å². The molecule has 3 heterocycles. The molecule has 2 fully saturated rings. The van der Waals surface area contributed by atoms with Crippen molar-refractivity contribution in [3.05, 3.63) is 18.3 Å². The van der Waals surface area contributed by atoms with E-state index < -0.39 is 0 Å². The standard InChI is InChI=1S/C15H21N3O2/c19-15(10-13-4-3-9-20-13)17-12-5-6-14(16-11-12)18-7-1-2-8-18/h5-6,11,13H,1-4,7-10H2,(H,17,19)/t13-/m1/s1. The van der Waals surface area contributed by atoms with Crippen LogP contribution >= 0.6 is 0 Å². The lowest BCUT2D eigenvalue weighted by molar-refractivity contribution is -0.118. The van der Waals surface area contributed by atoms with Crippen LogP contribution in [0.15, 0.2) is 18.3 Å². The number of amides is 1. The van der Waals surface area contributed by atoms with E-state index in [-0.39, 0.29) is 12.0 Å². The van der Waals surface area contributed by atoms with Crippen molar-refractivity contribution in [2.75, 3.05) is 29.9 Å². The lowest BCUT2D eigenvalue weighted by atomic mass is 10.2. The minimum atomic E-state index is 0.00706. The van der Waals surface area contributed by atoms with Crippen LogP contribution in [0.5, 0.6) is 0 Å². The summed E-state index contributed by atoms with van der Waals surface area (Å²) in [5, 5.41) is 2.89. The van der Waals surface area contributed by atoms with Gasteiger partial charge < -0.3 is 15.0 Å². The van der Waals surface area contributed by atoms with Gasteiger partial charge in [-0.2, -0.15) is 0 Å². The third kappa shape index (κ3) is 3.28. The first kappa shape index (κ1) is 13.4. The van der Waals surface area contributed by atoms with Gasteiger partial charge in [-0.3, -0.25) is 4.79 Å². The number of pyridine rings is 1. The lowest BCUT2D eigenvalue weighted by Crippen LogP contribution is -2.20. The number of hydrogen-bond acceptors (Lipinski definition) is 4. The number of nitrogens with zero attached hydrogens (tertiary/aromatic N) is 2. The Labute approximate surface area is 119 Å². The number of carbonyl (C=O) groups is 1. The van der Waals surface area contributed by atoms with E-state index in [9.17, 15) is 4.79 Å². The average molecular weight is 275 g/mol. The van der Waals surface area contributed by atoms with Crippen LogP contribution in [-0.2, 0) is 9.53 Å². The van der Waals surface area contributed by atoms with Gasteiger partial charge in [0.1, 0.15) is 5.82 Å². The second-order valence-electron chi connectivity index (χ2n) is 5.49. The first-order valence-corrected chi connectivity index (χ1v) is 7.44. The minimum Gasteiger partial charge on any atom is -0.378 e. The van der Waals surface area contributed by atoms with Crippen molar-refractivity contribution in [1.82, 2.24) is 4.98 Å². The molecule has 0 aromatic carbocycles. The molecule has 0 radical (unpaired) electrons. The van der Waals surface area contributed by atoms with E-state index in [2.05, 4.69) is 15.2 Å². The zero-order valence-corrected chi connectivity index (χ0v) is 11.7. The molecule has 108 valence electrons. The van der Waals surface area contributed by atoms with Gasteiger partial charge in [0.05, 0.1) is 24.4 Å². The molecule has 5 nitrogen and oxygen atoms in total. The smallest absolute Gasteiger partial charge is 0.227 e. The highest BCUT2D eigenvalue weighted by atomic mass is 16.5. The predicted molar refractivity (Wildman–Crippen MR) is 77.9 cm³/mol. The van der Waals surface area contributed by atoms with Gasteiger partial charge in [0.2, 0.25) is 5.91 Å². The molecule has 20 heavy (non-hydrogen) atoms. The summed E-state index contributed by atoms with van der Waals surface area (Å²) in [6, 6.07) is 3.90. The highest BCUT2D eigenvalue weighted by Crippen LogP contribution is 2.20. The van der Waals surface area contributed by atoms with Crippen molar-refractivity contribution in [2.45, 2.75) is 38.2 Å². The van der Waals surface area contributed by atoms with Crippen molar-refractivity contribution in [2.24, 2.45) is 0 Å². The monoisotopic (exact) mass is 275 g/mol. The summed E-state index contributed by atoms with van der Waals surface area (Å²) in [4.78, 5) is 18.6. The SMILES string of the molecule is O=C(C[C@H]1CCCO1)Nc1ccc(N2CCCC2)nc1. The van der Waals surface area contributed by atoms with Gasteiger partial charge in [0, 0.05) is 19.7 Å². The number of hydrogen-bond donors (Lipinski definition) is 1. The van der Waals surface area contributed by atoms with Gasteiger partial charge in [-0.1, -0.05) is 0 Å². The van der Waals surface area contributed by atoms with Crippen LogP contribution in [0.4, 0.5) is 11.5 Å². The van der Waals surface area contributed by atoms with Gasteiger partial charge in [-0.25, -0.2) is 4.98 Å². The predicted octanol–water partition coefficient (Wildman–Crippen LogP) is 2.19. The maximum absolute atomic E-state index is 11.9. The van der Waals surface area contributed by atoms with Gasteiger partial charge in [0.25, 0.3) is 0 Å². The first-order chi connectivity index (χ1) is 9.81. The van der Waals surface area contributed by atoms with Gasteiger partial charge in [-0.05, 0) is 37.8 Å². The molecule has 0 unspecified atom stereocenters. The zero-order valence-electron chi connectivity index (χ0n) is 11.7. The molecule has 2 aliphatic heterocycles. The number of anilines is 2. The number of ether oxygens (including phenoxy) is 1. The Kier molecular flexibility index (Phi) is 4.16. The highest BCUT2D eigenvalue weighted by Gasteiger charge is 2.19. The molecule has 2 saturated heterocycles. The minimum absolute atomic E-state index is 0.00706.